The maximum absolute atomic E-state index is 5.51. The van der Waals surface area contributed by atoms with E-state index in [2.05, 4.69) is 51.5 Å². The molecule has 6 heteroatoms. The molecule has 2 aliphatic rings. The molecule has 0 bridgehead atoms. The highest BCUT2D eigenvalue weighted by Crippen LogP contribution is 2.34. The predicted molar refractivity (Wildman–Crippen MR) is 110 cm³/mol. The Morgan fingerprint density at radius 3 is 2.61 bits per heavy atom. The predicted octanol–water partition coefficient (Wildman–Crippen LogP) is 3.87. The molecule has 5 rings (SSSR count). The molecule has 28 heavy (non-hydrogen) atoms. The number of hydrogen-bond donors (Lipinski definition) is 1. The maximum Gasteiger partial charge on any atom is 0.261 e. The van der Waals surface area contributed by atoms with Crippen LogP contribution in [0.3, 0.4) is 0 Å². The maximum atomic E-state index is 5.51. The Labute approximate surface area is 165 Å². The zero-order chi connectivity index (χ0) is 19.1. The van der Waals surface area contributed by atoms with Gasteiger partial charge in [-0.2, -0.15) is 4.98 Å². The molecule has 1 saturated carbocycles. The van der Waals surface area contributed by atoms with Gasteiger partial charge in [-0.15, -0.1) is 0 Å². The van der Waals surface area contributed by atoms with Crippen LogP contribution in [-0.2, 0) is 0 Å². The highest BCUT2D eigenvalue weighted by Gasteiger charge is 2.27. The van der Waals surface area contributed by atoms with E-state index < -0.39 is 0 Å². The summed E-state index contributed by atoms with van der Waals surface area (Å²) >= 11 is 0. The smallest absolute Gasteiger partial charge is 0.261 e. The van der Waals surface area contributed by atoms with Crippen LogP contribution in [0.1, 0.15) is 37.1 Å². The summed E-state index contributed by atoms with van der Waals surface area (Å²) in [5.74, 6) is 3.09. The fraction of sp³-hybridized carbons (Fsp3) is 0.500. The number of aryl methyl sites for hydroxylation is 2. The van der Waals surface area contributed by atoms with E-state index in [0.29, 0.717) is 17.8 Å². The second kappa shape index (κ2) is 7.17. The first-order valence-electron chi connectivity index (χ1n) is 10.4. The lowest BCUT2D eigenvalue weighted by molar-refractivity contribution is 0.407. The number of anilines is 1. The summed E-state index contributed by atoms with van der Waals surface area (Å²) in [6, 6.07) is 9.14. The summed E-state index contributed by atoms with van der Waals surface area (Å²) in [5.41, 5.74) is 3.16. The van der Waals surface area contributed by atoms with Crippen LogP contribution >= 0.6 is 0 Å². The van der Waals surface area contributed by atoms with Gasteiger partial charge in [0.25, 0.3) is 5.89 Å². The zero-order valence-corrected chi connectivity index (χ0v) is 16.6. The molecule has 3 aromatic rings. The van der Waals surface area contributed by atoms with Crippen molar-refractivity contribution in [1.29, 1.82) is 0 Å². The van der Waals surface area contributed by atoms with Crippen LogP contribution in [0.25, 0.3) is 22.4 Å². The van der Waals surface area contributed by atoms with Crippen molar-refractivity contribution in [2.45, 2.75) is 45.6 Å². The summed E-state index contributed by atoms with van der Waals surface area (Å²) in [6.07, 6.45) is 5.09. The monoisotopic (exact) mass is 377 g/mol. The highest BCUT2D eigenvalue weighted by molar-refractivity contribution is 5.88. The summed E-state index contributed by atoms with van der Waals surface area (Å²) < 4.78 is 5.51. The lowest BCUT2D eigenvalue weighted by Crippen LogP contribution is -2.43. The van der Waals surface area contributed by atoms with Crippen molar-refractivity contribution in [1.82, 2.24) is 20.4 Å². The first-order chi connectivity index (χ1) is 13.7. The number of benzene rings is 1. The molecule has 2 aromatic heterocycles. The van der Waals surface area contributed by atoms with Gasteiger partial charge in [-0.1, -0.05) is 16.8 Å². The number of hydrogen-bond acceptors (Lipinski definition) is 6. The zero-order valence-electron chi connectivity index (χ0n) is 16.6. The van der Waals surface area contributed by atoms with E-state index in [9.17, 15) is 0 Å². The van der Waals surface area contributed by atoms with Crippen molar-refractivity contribution in [3.8, 4) is 11.5 Å². The average Bonchev–Trinajstić information content (AvgIpc) is 3.44. The van der Waals surface area contributed by atoms with Gasteiger partial charge < -0.3 is 14.7 Å². The Bertz CT molecular complexity index is 986. The summed E-state index contributed by atoms with van der Waals surface area (Å²) in [7, 11) is 0. The third-order valence-corrected chi connectivity index (χ3v) is 5.89. The van der Waals surface area contributed by atoms with Crippen molar-refractivity contribution in [2.75, 3.05) is 24.5 Å². The average molecular weight is 377 g/mol. The highest BCUT2D eigenvalue weighted by atomic mass is 16.5. The third-order valence-electron chi connectivity index (χ3n) is 5.89. The van der Waals surface area contributed by atoms with Gasteiger partial charge in [0.15, 0.2) is 5.82 Å². The largest absolute Gasteiger partial charge is 0.356 e. The van der Waals surface area contributed by atoms with Gasteiger partial charge in [0.2, 0.25) is 0 Å². The molecular weight excluding hydrogens is 350 g/mol. The van der Waals surface area contributed by atoms with Crippen molar-refractivity contribution in [2.24, 2.45) is 5.92 Å². The number of rotatable bonds is 5. The summed E-state index contributed by atoms with van der Waals surface area (Å²) in [6.45, 7) is 7.12. The molecule has 1 aromatic carbocycles. The number of aromatic nitrogens is 3. The van der Waals surface area contributed by atoms with Crippen LogP contribution in [0.4, 0.5) is 5.82 Å². The molecule has 0 unspecified atom stereocenters. The van der Waals surface area contributed by atoms with Crippen LogP contribution in [-0.4, -0.2) is 40.8 Å². The Morgan fingerprint density at radius 1 is 1.07 bits per heavy atom. The van der Waals surface area contributed by atoms with Crippen LogP contribution in [0.15, 0.2) is 28.8 Å². The van der Waals surface area contributed by atoms with Crippen molar-refractivity contribution >= 4 is 16.7 Å². The fourth-order valence-corrected chi connectivity index (χ4v) is 4.04. The Kier molecular flexibility index (Phi) is 4.51. The van der Waals surface area contributed by atoms with Gasteiger partial charge in [0.05, 0.1) is 11.1 Å². The quantitative estimate of drug-likeness (QED) is 0.728. The summed E-state index contributed by atoms with van der Waals surface area (Å²) in [5, 5.41) is 8.85. The van der Waals surface area contributed by atoms with E-state index in [-0.39, 0.29) is 0 Å². The van der Waals surface area contributed by atoms with Crippen LogP contribution < -0.4 is 10.2 Å². The number of fused-ring (bicyclic) bond motifs is 1. The SMILES string of the molecule is Cc1ccc2nc(N3CCC(NCC4CC4)CC3)c(-c3nc(C)no3)cc2c1. The lowest BCUT2D eigenvalue weighted by atomic mass is 10.0. The van der Waals surface area contributed by atoms with E-state index in [4.69, 9.17) is 9.51 Å². The molecule has 1 N–H and O–H groups in total. The van der Waals surface area contributed by atoms with Crippen molar-refractivity contribution < 1.29 is 4.52 Å². The minimum Gasteiger partial charge on any atom is -0.356 e. The minimum atomic E-state index is 0.553. The Hall–Kier alpha value is -2.47. The minimum absolute atomic E-state index is 0.553. The lowest BCUT2D eigenvalue weighted by Gasteiger charge is -2.34. The number of piperidine rings is 1. The molecule has 6 nitrogen and oxygen atoms in total. The Morgan fingerprint density at radius 2 is 1.89 bits per heavy atom. The van der Waals surface area contributed by atoms with E-state index in [1.165, 1.54) is 24.9 Å². The number of pyridine rings is 1. The second-order valence-electron chi connectivity index (χ2n) is 8.32. The topological polar surface area (TPSA) is 67.1 Å². The first kappa shape index (κ1) is 17.6. The molecule has 1 saturated heterocycles. The van der Waals surface area contributed by atoms with Gasteiger partial charge in [-0.3, -0.25) is 0 Å². The van der Waals surface area contributed by atoms with Crippen LogP contribution in [0, 0.1) is 19.8 Å². The Balaban J connectivity index is 1.44. The molecule has 0 amide bonds. The van der Waals surface area contributed by atoms with Gasteiger partial charge in [-0.25, -0.2) is 4.98 Å². The second-order valence-corrected chi connectivity index (χ2v) is 8.32. The van der Waals surface area contributed by atoms with Crippen LogP contribution in [0.2, 0.25) is 0 Å². The molecule has 1 aliphatic carbocycles. The van der Waals surface area contributed by atoms with E-state index in [1.807, 2.05) is 6.92 Å². The number of nitrogens with one attached hydrogen (secondary N) is 1. The molecule has 3 heterocycles. The molecule has 0 atom stereocenters. The standard InChI is InChI=1S/C22H27N5O/c1-14-3-6-20-17(11-14)12-19(22-24-15(2)26-28-22)21(25-20)27-9-7-18(8-10-27)23-13-16-4-5-16/h3,6,11-12,16,18,23H,4-5,7-10,13H2,1-2H3. The number of nitrogens with zero attached hydrogens (tertiary/aromatic N) is 4. The molecule has 0 radical (unpaired) electrons. The third kappa shape index (κ3) is 3.61. The van der Waals surface area contributed by atoms with Crippen molar-refractivity contribution in [3.63, 3.8) is 0 Å². The van der Waals surface area contributed by atoms with Crippen LogP contribution in [0.5, 0.6) is 0 Å². The molecule has 146 valence electrons. The molecular formula is C22H27N5O. The fourth-order valence-electron chi connectivity index (χ4n) is 4.04. The molecule has 2 fully saturated rings. The van der Waals surface area contributed by atoms with E-state index in [0.717, 1.165) is 54.1 Å². The van der Waals surface area contributed by atoms with Crippen molar-refractivity contribution in [3.05, 3.63) is 35.7 Å². The van der Waals surface area contributed by atoms with Gasteiger partial charge in [-0.05, 0) is 70.2 Å². The molecule has 0 spiro atoms. The van der Waals surface area contributed by atoms with Gasteiger partial charge >= 0.3 is 0 Å². The van der Waals surface area contributed by atoms with E-state index >= 15 is 0 Å². The molecule has 1 aliphatic heterocycles. The first-order valence-corrected chi connectivity index (χ1v) is 10.4. The van der Waals surface area contributed by atoms with Gasteiger partial charge in [0, 0.05) is 24.5 Å². The van der Waals surface area contributed by atoms with Gasteiger partial charge in [0.1, 0.15) is 5.82 Å². The van der Waals surface area contributed by atoms with E-state index in [1.54, 1.807) is 0 Å². The normalized spacial score (nSPS) is 18.1. The summed E-state index contributed by atoms with van der Waals surface area (Å²) in [4.78, 5) is 11.9.